The van der Waals surface area contributed by atoms with Crippen LogP contribution in [-0.2, 0) is 22.7 Å². The van der Waals surface area contributed by atoms with Crippen molar-refractivity contribution in [1.82, 2.24) is 9.55 Å². The fraction of sp³-hybridized carbons (Fsp3) is 0.172. The number of carbonyl (C=O) groups excluding carboxylic acids is 2. The molecular formula is C29H28N4O6. The second kappa shape index (κ2) is 12.4. The highest BCUT2D eigenvalue weighted by atomic mass is 16.5. The van der Waals surface area contributed by atoms with Gasteiger partial charge in [0.1, 0.15) is 23.7 Å². The third-order valence-corrected chi connectivity index (χ3v) is 5.96. The molecule has 0 fully saturated rings. The molecule has 0 bridgehead atoms. The zero-order chi connectivity index (χ0) is 27.8. The SMILES string of the molecule is CCN(C(=O)COC(=O)c1ccccc1OCc1ccccc1)c1c(N)n(Cc2ccccc2)c(=O)[nH]c1=O. The summed E-state index contributed by atoms with van der Waals surface area (Å²) >= 11 is 0. The molecule has 0 atom stereocenters. The standard InChI is InChI=1S/C29H28N4O6/c1-2-32(25-26(30)33(29(37)31-27(25)35)17-20-11-5-3-6-12-20)24(34)19-39-28(36)22-15-9-10-16-23(22)38-18-21-13-7-4-8-14-21/h3-16H,2,17-19,30H2,1H3,(H,31,35,37). The minimum absolute atomic E-state index is 0.0456. The van der Waals surface area contributed by atoms with Crippen molar-refractivity contribution in [2.24, 2.45) is 0 Å². The Balaban J connectivity index is 1.49. The topological polar surface area (TPSA) is 137 Å². The van der Waals surface area contributed by atoms with Gasteiger partial charge in [-0.05, 0) is 30.2 Å². The smallest absolute Gasteiger partial charge is 0.342 e. The molecule has 1 aromatic heterocycles. The van der Waals surface area contributed by atoms with Crippen LogP contribution in [0.3, 0.4) is 0 Å². The second-order valence-electron chi connectivity index (χ2n) is 8.55. The summed E-state index contributed by atoms with van der Waals surface area (Å²) in [5.41, 5.74) is 6.36. The van der Waals surface area contributed by atoms with E-state index in [1.807, 2.05) is 48.5 Å². The van der Waals surface area contributed by atoms with Crippen molar-refractivity contribution in [1.29, 1.82) is 0 Å². The van der Waals surface area contributed by atoms with E-state index in [2.05, 4.69) is 4.98 Å². The summed E-state index contributed by atoms with van der Waals surface area (Å²) in [6.07, 6.45) is 0. The lowest BCUT2D eigenvalue weighted by atomic mass is 10.2. The van der Waals surface area contributed by atoms with E-state index in [1.165, 1.54) is 10.6 Å². The van der Waals surface area contributed by atoms with Crippen LogP contribution in [-0.4, -0.2) is 34.6 Å². The van der Waals surface area contributed by atoms with Gasteiger partial charge in [-0.15, -0.1) is 0 Å². The lowest BCUT2D eigenvalue weighted by Gasteiger charge is -2.23. The molecular weight excluding hydrogens is 500 g/mol. The van der Waals surface area contributed by atoms with Gasteiger partial charge in [-0.2, -0.15) is 0 Å². The summed E-state index contributed by atoms with van der Waals surface area (Å²) in [5, 5.41) is 0. The van der Waals surface area contributed by atoms with Crippen LogP contribution in [0.15, 0.2) is 94.5 Å². The van der Waals surface area contributed by atoms with Crippen LogP contribution in [0, 0.1) is 0 Å². The first kappa shape index (κ1) is 26.9. The summed E-state index contributed by atoms with van der Waals surface area (Å²) in [4.78, 5) is 54.4. The molecule has 3 N–H and O–H groups in total. The van der Waals surface area contributed by atoms with Gasteiger partial charge in [0.05, 0.1) is 6.54 Å². The van der Waals surface area contributed by atoms with Gasteiger partial charge in [0, 0.05) is 6.54 Å². The fourth-order valence-electron chi connectivity index (χ4n) is 4.00. The maximum absolute atomic E-state index is 13.1. The molecule has 10 heteroatoms. The van der Waals surface area contributed by atoms with Gasteiger partial charge in [0.15, 0.2) is 12.3 Å². The van der Waals surface area contributed by atoms with Gasteiger partial charge in [-0.25, -0.2) is 9.59 Å². The van der Waals surface area contributed by atoms with Crippen LogP contribution in [0.5, 0.6) is 5.75 Å². The predicted octanol–water partition coefficient (Wildman–Crippen LogP) is 2.96. The molecule has 3 aromatic carbocycles. The van der Waals surface area contributed by atoms with Crippen molar-refractivity contribution in [3.63, 3.8) is 0 Å². The Hall–Kier alpha value is -5.12. The van der Waals surface area contributed by atoms with Crippen molar-refractivity contribution in [2.75, 3.05) is 23.8 Å². The summed E-state index contributed by atoms with van der Waals surface area (Å²) in [7, 11) is 0. The first-order chi connectivity index (χ1) is 18.9. The number of aromatic amines is 1. The van der Waals surface area contributed by atoms with Crippen molar-refractivity contribution < 1.29 is 19.1 Å². The number of likely N-dealkylation sites (N-methyl/N-ethyl adjacent to an activating group) is 1. The van der Waals surface area contributed by atoms with E-state index in [0.29, 0.717) is 5.75 Å². The number of amides is 1. The molecule has 0 saturated carbocycles. The van der Waals surface area contributed by atoms with E-state index >= 15 is 0 Å². The first-order valence-electron chi connectivity index (χ1n) is 12.3. The van der Waals surface area contributed by atoms with E-state index < -0.39 is 29.7 Å². The summed E-state index contributed by atoms with van der Waals surface area (Å²) in [6.45, 7) is 1.36. The number of esters is 1. The van der Waals surface area contributed by atoms with E-state index in [-0.39, 0.29) is 36.8 Å². The van der Waals surface area contributed by atoms with Crippen LogP contribution < -0.4 is 26.6 Å². The zero-order valence-corrected chi connectivity index (χ0v) is 21.3. The number of nitrogen functional groups attached to an aromatic ring is 1. The lowest BCUT2D eigenvalue weighted by Crippen LogP contribution is -2.42. The largest absolute Gasteiger partial charge is 0.488 e. The molecule has 200 valence electrons. The number of benzene rings is 3. The van der Waals surface area contributed by atoms with Crippen LogP contribution in [0.2, 0.25) is 0 Å². The molecule has 0 saturated heterocycles. The Morgan fingerprint density at radius 3 is 2.18 bits per heavy atom. The number of nitrogens with two attached hydrogens (primary N) is 1. The molecule has 0 spiro atoms. The molecule has 4 aromatic rings. The molecule has 1 amide bonds. The summed E-state index contributed by atoms with van der Waals surface area (Å²) in [5.74, 6) is -1.32. The third kappa shape index (κ3) is 6.42. The van der Waals surface area contributed by atoms with Gasteiger partial charge < -0.3 is 20.1 Å². The highest BCUT2D eigenvalue weighted by Crippen LogP contribution is 2.21. The highest BCUT2D eigenvalue weighted by molar-refractivity contribution is 5.99. The number of para-hydroxylation sites is 1. The van der Waals surface area contributed by atoms with Crippen LogP contribution in [0.4, 0.5) is 11.5 Å². The molecule has 0 aliphatic rings. The molecule has 0 aliphatic heterocycles. The number of hydrogen-bond donors (Lipinski definition) is 2. The van der Waals surface area contributed by atoms with Gasteiger partial charge in [0.2, 0.25) is 0 Å². The van der Waals surface area contributed by atoms with Crippen LogP contribution >= 0.6 is 0 Å². The summed E-state index contributed by atoms with van der Waals surface area (Å²) < 4.78 is 12.3. The molecule has 1 heterocycles. The average molecular weight is 529 g/mol. The van der Waals surface area contributed by atoms with E-state index in [9.17, 15) is 19.2 Å². The number of anilines is 2. The van der Waals surface area contributed by atoms with Crippen LogP contribution in [0.25, 0.3) is 0 Å². The molecule has 4 rings (SSSR count). The minimum atomic E-state index is -0.817. The molecule has 0 aliphatic carbocycles. The second-order valence-corrected chi connectivity index (χ2v) is 8.55. The molecule has 0 unspecified atom stereocenters. The highest BCUT2D eigenvalue weighted by Gasteiger charge is 2.25. The number of nitrogens with zero attached hydrogens (tertiary/aromatic N) is 2. The monoisotopic (exact) mass is 528 g/mol. The van der Waals surface area contributed by atoms with Crippen molar-refractivity contribution in [3.8, 4) is 5.75 Å². The Kier molecular flexibility index (Phi) is 8.57. The Bertz CT molecular complexity index is 1560. The van der Waals surface area contributed by atoms with Crippen molar-refractivity contribution >= 4 is 23.4 Å². The van der Waals surface area contributed by atoms with E-state index in [0.717, 1.165) is 16.0 Å². The Labute approximate surface area is 224 Å². The number of H-pyrrole nitrogens is 1. The minimum Gasteiger partial charge on any atom is -0.488 e. The predicted molar refractivity (Wildman–Crippen MR) is 147 cm³/mol. The number of carbonyl (C=O) groups is 2. The first-order valence-corrected chi connectivity index (χ1v) is 12.3. The summed E-state index contributed by atoms with van der Waals surface area (Å²) in [6, 6.07) is 25.1. The van der Waals surface area contributed by atoms with Gasteiger partial charge in [-0.3, -0.25) is 19.1 Å². The maximum Gasteiger partial charge on any atom is 0.342 e. The number of rotatable bonds is 10. The normalized spacial score (nSPS) is 10.6. The fourth-order valence-corrected chi connectivity index (χ4v) is 4.00. The van der Waals surface area contributed by atoms with Crippen molar-refractivity contribution in [2.45, 2.75) is 20.1 Å². The number of hydrogen-bond acceptors (Lipinski definition) is 7. The molecule has 0 radical (unpaired) electrons. The maximum atomic E-state index is 13.1. The molecule has 39 heavy (non-hydrogen) atoms. The number of ether oxygens (including phenoxy) is 2. The quantitative estimate of drug-likeness (QED) is 0.302. The van der Waals surface area contributed by atoms with Crippen LogP contribution in [0.1, 0.15) is 28.4 Å². The lowest BCUT2D eigenvalue weighted by molar-refractivity contribution is -0.121. The van der Waals surface area contributed by atoms with Crippen molar-refractivity contribution in [3.05, 3.63) is 122 Å². The average Bonchev–Trinajstić information content (AvgIpc) is 2.96. The van der Waals surface area contributed by atoms with Gasteiger partial charge in [-0.1, -0.05) is 72.8 Å². The number of nitrogens with one attached hydrogen (secondary N) is 1. The Morgan fingerprint density at radius 1 is 0.897 bits per heavy atom. The zero-order valence-electron chi connectivity index (χ0n) is 21.3. The molecule has 10 nitrogen and oxygen atoms in total. The van der Waals surface area contributed by atoms with E-state index in [1.54, 1.807) is 37.3 Å². The van der Waals surface area contributed by atoms with Gasteiger partial charge in [0.25, 0.3) is 11.5 Å². The third-order valence-electron chi connectivity index (χ3n) is 5.96. The Morgan fingerprint density at radius 2 is 1.51 bits per heavy atom. The van der Waals surface area contributed by atoms with Gasteiger partial charge >= 0.3 is 11.7 Å². The van der Waals surface area contributed by atoms with E-state index in [4.69, 9.17) is 15.2 Å². The number of aromatic nitrogens is 2.